The molecule has 0 radical (unpaired) electrons. The third-order valence-electron chi connectivity index (χ3n) is 5.17. The zero-order chi connectivity index (χ0) is 11.9. The van der Waals surface area contributed by atoms with Gasteiger partial charge in [-0.2, -0.15) is 0 Å². The van der Waals surface area contributed by atoms with Crippen molar-refractivity contribution in [2.75, 3.05) is 13.1 Å². The van der Waals surface area contributed by atoms with Gasteiger partial charge in [0, 0.05) is 12.5 Å². The summed E-state index contributed by atoms with van der Waals surface area (Å²) in [6.07, 6.45) is 9.02. The smallest absolute Gasteiger partial charge is 0.00235 e. The van der Waals surface area contributed by atoms with Gasteiger partial charge in [-0.15, -0.1) is 0 Å². The van der Waals surface area contributed by atoms with Gasteiger partial charge in [0.25, 0.3) is 0 Å². The second-order valence-corrected chi connectivity index (χ2v) is 6.30. The Morgan fingerprint density at radius 3 is 2.78 bits per heavy atom. The Morgan fingerprint density at radius 2 is 2.00 bits per heavy atom. The van der Waals surface area contributed by atoms with Crippen molar-refractivity contribution in [2.24, 2.45) is 17.8 Å². The number of allylic oxidation sites excluding steroid dienone is 2. The monoisotopic (exact) mass is 239 g/mol. The first kappa shape index (κ1) is 10.8. The minimum atomic E-state index is 0.773. The molecule has 1 nitrogen and oxygen atoms in total. The van der Waals surface area contributed by atoms with E-state index in [-0.39, 0.29) is 0 Å². The number of hydrogen-bond acceptors (Lipinski definition) is 1. The standard InChI is InChI=1S/C17H21N/c1-2-4-17-14(3-1)9-16(17)11-18-10-15-8-12-5-6-13(15)7-12/h1-6,12-13,15-16,18H,7-11H2. The fraction of sp³-hybridized carbons (Fsp3) is 0.529. The summed E-state index contributed by atoms with van der Waals surface area (Å²) < 4.78 is 0. The molecule has 4 unspecified atom stereocenters. The maximum absolute atomic E-state index is 3.72. The Kier molecular flexibility index (Phi) is 2.54. The quantitative estimate of drug-likeness (QED) is 0.796. The predicted molar refractivity (Wildman–Crippen MR) is 74.6 cm³/mol. The van der Waals surface area contributed by atoms with Crippen LogP contribution in [0.4, 0.5) is 0 Å². The molecular formula is C17H21N. The van der Waals surface area contributed by atoms with Crippen LogP contribution in [0, 0.1) is 17.8 Å². The highest BCUT2D eigenvalue weighted by atomic mass is 14.9. The molecule has 0 heterocycles. The largest absolute Gasteiger partial charge is 0.316 e. The van der Waals surface area contributed by atoms with E-state index >= 15 is 0 Å². The van der Waals surface area contributed by atoms with Crippen molar-refractivity contribution >= 4 is 0 Å². The number of fused-ring (bicyclic) bond motifs is 3. The van der Waals surface area contributed by atoms with Crippen LogP contribution in [0.1, 0.15) is 29.9 Å². The lowest BCUT2D eigenvalue weighted by atomic mass is 9.77. The highest BCUT2D eigenvalue weighted by Gasteiger charge is 2.35. The van der Waals surface area contributed by atoms with Crippen molar-refractivity contribution in [3.8, 4) is 0 Å². The predicted octanol–water partition coefficient (Wildman–Crippen LogP) is 3.13. The van der Waals surface area contributed by atoms with E-state index in [1.165, 1.54) is 32.4 Å². The molecule has 4 rings (SSSR count). The van der Waals surface area contributed by atoms with Crippen LogP contribution in [0.15, 0.2) is 36.4 Å². The molecule has 1 saturated carbocycles. The summed E-state index contributed by atoms with van der Waals surface area (Å²) >= 11 is 0. The Balaban J connectivity index is 1.28. The van der Waals surface area contributed by atoms with E-state index < -0.39 is 0 Å². The molecule has 0 spiro atoms. The van der Waals surface area contributed by atoms with Gasteiger partial charge in [-0.1, -0.05) is 36.4 Å². The van der Waals surface area contributed by atoms with E-state index in [1.807, 2.05) is 0 Å². The third-order valence-corrected chi connectivity index (χ3v) is 5.17. The summed E-state index contributed by atoms with van der Waals surface area (Å²) in [7, 11) is 0. The Bertz CT molecular complexity index is 476. The summed E-state index contributed by atoms with van der Waals surface area (Å²) in [4.78, 5) is 0. The van der Waals surface area contributed by atoms with Crippen LogP contribution in [0.25, 0.3) is 0 Å². The van der Waals surface area contributed by atoms with Gasteiger partial charge in [0.2, 0.25) is 0 Å². The van der Waals surface area contributed by atoms with Crippen LogP contribution < -0.4 is 5.32 Å². The average Bonchev–Trinajstić information content (AvgIpc) is 2.97. The summed E-state index contributed by atoms with van der Waals surface area (Å²) in [6.45, 7) is 2.40. The van der Waals surface area contributed by atoms with Crippen molar-refractivity contribution in [1.29, 1.82) is 0 Å². The van der Waals surface area contributed by atoms with Gasteiger partial charge in [-0.3, -0.25) is 0 Å². The van der Waals surface area contributed by atoms with Crippen LogP contribution in [0.5, 0.6) is 0 Å². The number of nitrogens with one attached hydrogen (secondary N) is 1. The molecule has 3 aliphatic rings. The van der Waals surface area contributed by atoms with Crippen molar-refractivity contribution in [1.82, 2.24) is 5.32 Å². The zero-order valence-electron chi connectivity index (χ0n) is 10.8. The molecule has 1 fully saturated rings. The molecule has 1 aromatic carbocycles. The Morgan fingerprint density at radius 1 is 1.06 bits per heavy atom. The second kappa shape index (κ2) is 4.24. The lowest BCUT2D eigenvalue weighted by molar-refractivity contribution is 0.400. The van der Waals surface area contributed by atoms with Crippen molar-refractivity contribution in [2.45, 2.75) is 25.2 Å². The lowest BCUT2D eigenvalue weighted by Crippen LogP contribution is -2.33. The van der Waals surface area contributed by atoms with Crippen LogP contribution in [-0.2, 0) is 6.42 Å². The van der Waals surface area contributed by atoms with Crippen molar-refractivity contribution in [3.63, 3.8) is 0 Å². The van der Waals surface area contributed by atoms with Gasteiger partial charge < -0.3 is 5.32 Å². The summed E-state index contributed by atoms with van der Waals surface area (Å²) in [5.41, 5.74) is 3.14. The van der Waals surface area contributed by atoms with Gasteiger partial charge in [-0.05, 0) is 54.7 Å². The topological polar surface area (TPSA) is 12.0 Å². The number of rotatable bonds is 4. The minimum absolute atomic E-state index is 0.773. The zero-order valence-corrected chi connectivity index (χ0v) is 10.8. The highest BCUT2D eigenvalue weighted by Crippen LogP contribution is 2.43. The molecule has 0 aromatic heterocycles. The van der Waals surface area contributed by atoms with E-state index in [0.717, 1.165) is 23.7 Å². The molecule has 18 heavy (non-hydrogen) atoms. The maximum atomic E-state index is 3.72. The summed E-state index contributed by atoms with van der Waals surface area (Å²) in [6, 6.07) is 8.90. The highest BCUT2D eigenvalue weighted by molar-refractivity contribution is 5.40. The molecule has 4 atom stereocenters. The van der Waals surface area contributed by atoms with Crippen LogP contribution in [-0.4, -0.2) is 13.1 Å². The van der Waals surface area contributed by atoms with Gasteiger partial charge >= 0.3 is 0 Å². The fourth-order valence-electron chi connectivity index (χ4n) is 4.12. The third kappa shape index (κ3) is 1.73. The molecule has 1 N–H and O–H groups in total. The number of hydrogen-bond donors (Lipinski definition) is 1. The molecule has 1 aromatic rings. The van der Waals surface area contributed by atoms with Crippen LogP contribution in [0.3, 0.4) is 0 Å². The van der Waals surface area contributed by atoms with Gasteiger partial charge in [0.1, 0.15) is 0 Å². The normalized spacial score (nSPS) is 35.6. The summed E-state index contributed by atoms with van der Waals surface area (Å²) in [5, 5.41) is 3.72. The maximum Gasteiger partial charge on any atom is 0.00235 e. The molecule has 0 aliphatic heterocycles. The molecular weight excluding hydrogens is 218 g/mol. The minimum Gasteiger partial charge on any atom is -0.316 e. The Hall–Kier alpha value is -1.08. The molecule has 3 aliphatic carbocycles. The first-order valence-corrected chi connectivity index (χ1v) is 7.37. The van der Waals surface area contributed by atoms with Crippen LogP contribution in [0.2, 0.25) is 0 Å². The molecule has 0 amide bonds. The summed E-state index contributed by atoms with van der Waals surface area (Å²) in [5.74, 6) is 3.48. The van der Waals surface area contributed by atoms with Crippen molar-refractivity contribution in [3.05, 3.63) is 47.5 Å². The second-order valence-electron chi connectivity index (χ2n) is 6.30. The van der Waals surface area contributed by atoms with E-state index in [0.29, 0.717) is 0 Å². The van der Waals surface area contributed by atoms with Gasteiger partial charge in [-0.25, -0.2) is 0 Å². The van der Waals surface area contributed by atoms with Gasteiger partial charge in [0.05, 0.1) is 0 Å². The number of benzene rings is 1. The average molecular weight is 239 g/mol. The lowest BCUT2D eigenvalue weighted by Gasteiger charge is -2.31. The first-order valence-electron chi connectivity index (χ1n) is 7.37. The molecule has 1 heteroatoms. The van der Waals surface area contributed by atoms with E-state index in [2.05, 4.69) is 41.7 Å². The van der Waals surface area contributed by atoms with E-state index in [4.69, 9.17) is 0 Å². The van der Waals surface area contributed by atoms with E-state index in [9.17, 15) is 0 Å². The fourth-order valence-corrected chi connectivity index (χ4v) is 4.12. The first-order chi connectivity index (χ1) is 8.90. The van der Waals surface area contributed by atoms with E-state index in [1.54, 1.807) is 11.1 Å². The molecule has 94 valence electrons. The SMILES string of the molecule is C1=CC2CC1CC2CNCC1Cc2ccccc21. The van der Waals surface area contributed by atoms with Crippen molar-refractivity contribution < 1.29 is 0 Å². The molecule has 0 saturated heterocycles. The van der Waals surface area contributed by atoms with Crippen LogP contribution >= 0.6 is 0 Å². The van der Waals surface area contributed by atoms with Gasteiger partial charge in [0.15, 0.2) is 0 Å². The Labute approximate surface area is 109 Å². The molecule has 2 bridgehead atoms.